The van der Waals surface area contributed by atoms with Crippen LogP contribution in [0.15, 0.2) is 12.4 Å². The fraction of sp³-hybridized carbons (Fsp3) is 0.615. The molecule has 1 aromatic rings. The lowest BCUT2D eigenvalue weighted by Crippen LogP contribution is -2.45. The van der Waals surface area contributed by atoms with Gasteiger partial charge >= 0.3 is 0 Å². The number of carbonyl (C=O) groups excluding carboxylic acids is 2. The van der Waals surface area contributed by atoms with Crippen molar-refractivity contribution in [2.24, 2.45) is 0 Å². The van der Waals surface area contributed by atoms with Crippen molar-refractivity contribution in [3.8, 4) is 0 Å². The number of rotatable bonds is 3. The summed E-state index contributed by atoms with van der Waals surface area (Å²) in [6.45, 7) is 1.68. The first-order chi connectivity index (χ1) is 9.22. The van der Waals surface area contributed by atoms with E-state index in [1.165, 1.54) is 0 Å². The zero-order chi connectivity index (χ0) is 13.2. The predicted molar refractivity (Wildman–Crippen MR) is 68.3 cm³/mol. The van der Waals surface area contributed by atoms with Gasteiger partial charge in [-0.25, -0.2) is 4.98 Å². The van der Waals surface area contributed by atoms with Gasteiger partial charge in [0, 0.05) is 44.4 Å². The minimum absolute atomic E-state index is 0.0520. The molecule has 2 aliphatic heterocycles. The molecule has 0 aliphatic carbocycles. The van der Waals surface area contributed by atoms with E-state index in [0.717, 1.165) is 31.6 Å². The summed E-state index contributed by atoms with van der Waals surface area (Å²) in [7, 11) is 0. The van der Waals surface area contributed by atoms with Crippen LogP contribution >= 0.6 is 0 Å². The van der Waals surface area contributed by atoms with Crippen LogP contribution in [0.25, 0.3) is 0 Å². The Hall–Kier alpha value is -1.85. The monoisotopic (exact) mass is 262 g/mol. The van der Waals surface area contributed by atoms with Crippen LogP contribution in [0.3, 0.4) is 0 Å². The van der Waals surface area contributed by atoms with Gasteiger partial charge in [-0.15, -0.1) is 0 Å². The van der Waals surface area contributed by atoms with Gasteiger partial charge < -0.3 is 14.8 Å². The topological polar surface area (TPSA) is 67.2 Å². The Morgan fingerprint density at radius 1 is 1.47 bits per heavy atom. The number of imidazole rings is 1. The number of aryl methyl sites for hydroxylation is 1. The first-order valence-electron chi connectivity index (χ1n) is 6.79. The molecule has 0 bridgehead atoms. The van der Waals surface area contributed by atoms with Gasteiger partial charge in [-0.2, -0.15) is 0 Å². The van der Waals surface area contributed by atoms with Crippen LogP contribution in [-0.2, 0) is 22.6 Å². The third-order valence-corrected chi connectivity index (χ3v) is 3.81. The van der Waals surface area contributed by atoms with Crippen molar-refractivity contribution in [2.75, 3.05) is 13.1 Å². The van der Waals surface area contributed by atoms with Gasteiger partial charge in [0.05, 0.1) is 6.54 Å². The molecule has 2 amide bonds. The maximum Gasteiger partial charge on any atom is 0.239 e. The molecule has 3 rings (SSSR count). The van der Waals surface area contributed by atoms with E-state index in [1.54, 1.807) is 11.1 Å². The fourth-order valence-electron chi connectivity index (χ4n) is 2.80. The highest BCUT2D eigenvalue weighted by molar-refractivity contribution is 5.85. The molecule has 0 saturated carbocycles. The Bertz CT molecular complexity index is 497. The zero-order valence-corrected chi connectivity index (χ0v) is 10.8. The van der Waals surface area contributed by atoms with Gasteiger partial charge in [0.1, 0.15) is 5.82 Å². The van der Waals surface area contributed by atoms with Crippen molar-refractivity contribution in [1.82, 2.24) is 19.8 Å². The lowest BCUT2D eigenvalue weighted by Gasteiger charge is -2.25. The highest BCUT2D eigenvalue weighted by atomic mass is 16.2. The molecule has 3 heterocycles. The van der Waals surface area contributed by atoms with Gasteiger partial charge in [0.25, 0.3) is 0 Å². The highest BCUT2D eigenvalue weighted by Crippen LogP contribution is 2.13. The number of carbonyl (C=O) groups is 2. The predicted octanol–water partition coefficient (Wildman–Crippen LogP) is -0.0635. The summed E-state index contributed by atoms with van der Waals surface area (Å²) in [4.78, 5) is 29.3. The van der Waals surface area contributed by atoms with Crippen molar-refractivity contribution >= 4 is 11.8 Å². The van der Waals surface area contributed by atoms with Crippen LogP contribution in [0.2, 0.25) is 0 Å². The molecule has 19 heavy (non-hydrogen) atoms. The largest absolute Gasteiger partial charge is 0.350 e. The molecule has 0 spiro atoms. The first-order valence-corrected chi connectivity index (χ1v) is 6.79. The molecule has 0 radical (unpaired) electrons. The van der Waals surface area contributed by atoms with Crippen LogP contribution in [0.5, 0.6) is 0 Å². The first kappa shape index (κ1) is 12.2. The van der Waals surface area contributed by atoms with E-state index in [9.17, 15) is 9.59 Å². The van der Waals surface area contributed by atoms with Crippen molar-refractivity contribution < 1.29 is 9.59 Å². The molecular formula is C13H18N4O2. The highest BCUT2D eigenvalue weighted by Gasteiger charge is 2.25. The van der Waals surface area contributed by atoms with E-state index in [4.69, 9.17) is 0 Å². The lowest BCUT2D eigenvalue weighted by atomic mass is 10.1. The minimum atomic E-state index is -0.0520. The Labute approximate surface area is 111 Å². The van der Waals surface area contributed by atoms with Crippen LogP contribution < -0.4 is 5.32 Å². The standard InChI is InChI=1S/C13H18N4O2/c18-12(9-17-6-1-2-13(17)19)15-10-3-4-11-14-5-7-16(11)8-10/h5,7,10H,1-4,6,8-9H2,(H,15,18)/t10-/m0/s1. The summed E-state index contributed by atoms with van der Waals surface area (Å²) in [5, 5.41) is 3.02. The third-order valence-electron chi connectivity index (χ3n) is 3.81. The molecular weight excluding hydrogens is 244 g/mol. The second kappa shape index (κ2) is 5.03. The van der Waals surface area contributed by atoms with Crippen LogP contribution in [0, 0.1) is 0 Å². The molecule has 6 heteroatoms. The molecule has 0 aromatic carbocycles. The number of amides is 2. The molecule has 2 aliphatic rings. The summed E-state index contributed by atoms with van der Waals surface area (Å²) in [5.74, 6) is 1.12. The summed E-state index contributed by atoms with van der Waals surface area (Å²) in [5.41, 5.74) is 0. The number of hydrogen-bond donors (Lipinski definition) is 1. The summed E-state index contributed by atoms with van der Waals surface area (Å²) in [6, 6.07) is 0.145. The maximum atomic E-state index is 11.9. The molecule has 102 valence electrons. The second-order valence-corrected chi connectivity index (χ2v) is 5.22. The molecule has 0 unspecified atom stereocenters. The maximum absolute atomic E-state index is 11.9. The van der Waals surface area contributed by atoms with Crippen molar-refractivity contribution in [3.05, 3.63) is 18.2 Å². The van der Waals surface area contributed by atoms with E-state index >= 15 is 0 Å². The Morgan fingerprint density at radius 2 is 2.37 bits per heavy atom. The Kier molecular flexibility index (Phi) is 3.23. The number of aromatic nitrogens is 2. The van der Waals surface area contributed by atoms with Gasteiger partial charge in [-0.05, 0) is 12.8 Å². The van der Waals surface area contributed by atoms with Crippen molar-refractivity contribution in [1.29, 1.82) is 0 Å². The fourth-order valence-corrected chi connectivity index (χ4v) is 2.80. The van der Waals surface area contributed by atoms with E-state index in [0.29, 0.717) is 13.0 Å². The summed E-state index contributed by atoms with van der Waals surface area (Å²) < 4.78 is 2.08. The molecule has 1 N–H and O–H groups in total. The smallest absolute Gasteiger partial charge is 0.239 e. The third kappa shape index (κ3) is 2.62. The van der Waals surface area contributed by atoms with Gasteiger partial charge in [0.15, 0.2) is 0 Å². The van der Waals surface area contributed by atoms with Crippen LogP contribution in [-0.4, -0.2) is 45.4 Å². The Balaban J connectivity index is 1.52. The van der Waals surface area contributed by atoms with E-state index in [-0.39, 0.29) is 24.4 Å². The quantitative estimate of drug-likeness (QED) is 0.829. The average molecular weight is 262 g/mol. The normalized spacial score (nSPS) is 22.4. The molecule has 6 nitrogen and oxygen atoms in total. The van der Waals surface area contributed by atoms with Gasteiger partial charge in [0.2, 0.25) is 11.8 Å². The molecule has 1 aromatic heterocycles. The zero-order valence-electron chi connectivity index (χ0n) is 10.8. The van der Waals surface area contributed by atoms with E-state index in [2.05, 4.69) is 14.9 Å². The summed E-state index contributed by atoms with van der Waals surface area (Å²) >= 11 is 0. The number of nitrogens with zero attached hydrogens (tertiary/aromatic N) is 3. The summed E-state index contributed by atoms with van der Waals surface area (Å²) in [6.07, 6.45) is 6.99. The molecule has 1 saturated heterocycles. The minimum Gasteiger partial charge on any atom is -0.350 e. The number of nitrogens with one attached hydrogen (secondary N) is 1. The second-order valence-electron chi connectivity index (χ2n) is 5.22. The van der Waals surface area contributed by atoms with Crippen LogP contribution in [0.1, 0.15) is 25.1 Å². The number of likely N-dealkylation sites (tertiary alicyclic amines) is 1. The van der Waals surface area contributed by atoms with Gasteiger partial charge in [-0.3, -0.25) is 9.59 Å². The van der Waals surface area contributed by atoms with Crippen molar-refractivity contribution in [2.45, 2.75) is 38.3 Å². The van der Waals surface area contributed by atoms with Gasteiger partial charge in [-0.1, -0.05) is 0 Å². The molecule has 1 atom stereocenters. The van der Waals surface area contributed by atoms with E-state index < -0.39 is 0 Å². The average Bonchev–Trinajstić information content (AvgIpc) is 2.98. The molecule has 1 fully saturated rings. The van der Waals surface area contributed by atoms with Crippen molar-refractivity contribution in [3.63, 3.8) is 0 Å². The number of fused-ring (bicyclic) bond motifs is 1. The number of hydrogen-bond acceptors (Lipinski definition) is 3. The van der Waals surface area contributed by atoms with Crippen LogP contribution in [0.4, 0.5) is 0 Å². The SMILES string of the molecule is O=C(CN1CCCC1=O)N[C@H]1CCc2nccn2C1. The lowest BCUT2D eigenvalue weighted by molar-refractivity contribution is -0.133. The Morgan fingerprint density at radius 3 is 3.16 bits per heavy atom. The van der Waals surface area contributed by atoms with E-state index in [1.807, 2.05) is 6.20 Å².